The first kappa shape index (κ1) is 16.1. The summed E-state index contributed by atoms with van der Waals surface area (Å²) in [6, 6.07) is 19.1. The molecule has 3 atom stereocenters. The fraction of sp³-hybridized carbons (Fsp3) is 0.368. The van der Waals surface area contributed by atoms with Crippen molar-refractivity contribution in [1.29, 1.82) is 0 Å². The predicted molar refractivity (Wildman–Crippen MR) is 101 cm³/mol. The second-order valence-electron chi connectivity index (χ2n) is 6.19. The molecule has 2 aromatic rings. The van der Waals surface area contributed by atoms with E-state index in [2.05, 4.69) is 61.5 Å². The molecule has 3 heteroatoms. The summed E-state index contributed by atoms with van der Waals surface area (Å²) >= 11 is 4.76. The molecule has 0 saturated heterocycles. The van der Waals surface area contributed by atoms with Crippen molar-refractivity contribution in [2.45, 2.75) is 43.5 Å². The minimum atomic E-state index is -0.0936. The molecule has 0 N–H and O–H groups in total. The van der Waals surface area contributed by atoms with Gasteiger partial charge in [0, 0.05) is 19.4 Å². The Kier molecular flexibility index (Phi) is 5.23. The van der Waals surface area contributed by atoms with E-state index < -0.39 is 0 Å². The number of hydrogen-bond acceptors (Lipinski definition) is 2. The molecule has 1 nitrogen and oxygen atoms in total. The SMILES string of the molecule is CC1(OPc2ccccc2-c2ccccc2)CCCCC1S. The second kappa shape index (κ2) is 7.17. The minimum absolute atomic E-state index is 0.0936. The Morgan fingerprint density at radius 2 is 1.77 bits per heavy atom. The van der Waals surface area contributed by atoms with Crippen molar-refractivity contribution in [3.05, 3.63) is 54.6 Å². The van der Waals surface area contributed by atoms with Gasteiger partial charge in [0.2, 0.25) is 0 Å². The first-order valence-electron chi connectivity index (χ1n) is 7.95. The number of rotatable bonds is 4. The van der Waals surface area contributed by atoms with E-state index in [0.29, 0.717) is 14.1 Å². The Bertz CT molecular complexity index is 616. The topological polar surface area (TPSA) is 9.23 Å². The van der Waals surface area contributed by atoms with Gasteiger partial charge in [-0.05, 0) is 30.9 Å². The van der Waals surface area contributed by atoms with Gasteiger partial charge in [-0.3, -0.25) is 0 Å². The molecule has 0 spiro atoms. The van der Waals surface area contributed by atoms with Crippen LogP contribution in [0.2, 0.25) is 0 Å². The van der Waals surface area contributed by atoms with Gasteiger partial charge in [0.1, 0.15) is 0 Å². The zero-order valence-electron chi connectivity index (χ0n) is 13.0. The van der Waals surface area contributed by atoms with E-state index in [1.165, 1.54) is 29.3 Å². The molecule has 0 bridgehead atoms. The lowest BCUT2D eigenvalue weighted by Gasteiger charge is -2.38. The maximum absolute atomic E-state index is 6.38. The van der Waals surface area contributed by atoms with Gasteiger partial charge in [0.05, 0.1) is 5.60 Å². The summed E-state index contributed by atoms with van der Waals surface area (Å²) in [4.78, 5) is 0. The van der Waals surface area contributed by atoms with Crippen molar-refractivity contribution in [3.8, 4) is 11.1 Å². The van der Waals surface area contributed by atoms with Crippen LogP contribution in [0.15, 0.2) is 54.6 Å². The van der Waals surface area contributed by atoms with Gasteiger partial charge in [0.25, 0.3) is 0 Å². The quantitative estimate of drug-likeness (QED) is 0.597. The van der Waals surface area contributed by atoms with Crippen LogP contribution in [0, 0.1) is 0 Å². The molecule has 116 valence electrons. The van der Waals surface area contributed by atoms with Crippen molar-refractivity contribution < 1.29 is 4.52 Å². The summed E-state index contributed by atoms with van der Waals surface area (Å²) in [6.45, 7) is 2.22. The van der Waals surface area contributed by atoms with E-state index in [0.717, 1.165) is 12.8 Å². The summed E-state index contributed by atoms with van der Waals surface area (Å²) in [5.74, 6) is 0. The van der Waals surface area contributed by atoms with Crippen molar-refractivity contribution in [2.75, 3.05) is 0 Å². The molecule has 0 heterocycles. The molecule has 3 rings (SSSR count). The summed E-state index contributed by atoms with van der Waals surface area (Å²) in [6.07, 6.45) is 4.79. The molecule has 1 saturated carbocycles. The van der Waals surface area contributed by atoms with E-state index in [4.69, 9.17) is 17.2 Å². The van der Waals surface area contributed by atoms with E-state index in [1.807, 2.05) is 0 Å². The Labute approximate surface area is 140 Å². The maximum Gasteiger partial charge on any atom is 0.0813 e. The Morgan fingerprint density at radius 1 is 1.05 bits per heavy atom. The normalized spacial score (nSPS) is 25.6. The average molecular weight is 330 g/mol. The van der Waals surface area contributed by atoms with E-state index in [9.17, 15) is 0 Å². The number of thiol groups is 1. The molecule has 0 aromatic heterocycles. The van der Waals surface area contributed by atoms with Crippen LogP contribution < -0.4 is 5.30 Å². The lowest BCUT2D eigenvalue weighted by Crippen LogP contribution is -2.40. The molecule has 0 aliphatic heterocycles. The second-order valence-corrected chi connectivity index (χ2v) is 7.76. The lowest BCUT2D eigenvalue weighted by molar-refractivity contribution is 0.0756. The van der Waals surface area contributed by atoms with Crippen molar-refractivity contribution in [3.63, 3.8) is 0 Å². The molecule has 0 amide bonds. The van der Waals surface area contributed by atoms with Gasteiger partial charge in [-0.2, -0.15) is 12.6 Å². The fourth-order valence-corrected chi connectivity index (χ4v) is 4.57. The van der Waals surface area contributed by atoms with Crippen LogP contribution in [-0.2, 0) is 4.52 Å². The predicted octanol–water partition coefficient (Wildman–Crippen LogP) is 5.22. The fourth-order valence-electron chi connectivity index (χ4n) is 3.02. The standard InChI is InChI=1S/C19H23OPS/c1-19(14-8-7-13-18(19)22)20-21-17-12-6-5-11-16(17)15-9-3-2-4-10-15/h2-6,9-12,18,21-22H,7-8,13-14H2,1H3. The van der Waals surface area contributed by atoms with Crippen molar-refractivity contribution >= 4 is 26.7 Å². The summed E-state index contributed by atoms with van der Waals surface area (Å²) in [5, 5.41) is 1.62. The van der Waals surface area contributed by atoms with E-state index in [-0.39, 0.29) is 5.60 Å². The largest absolute Gasteiger partial charge is 0.350 e. The minimum Gasteiger partial charge on any atom is -0.350 e. The van der Waals surface area contributed by atoms with Crippen LogP contribution in [0.5, 0.6) is 0 Å². The van der Waals surface area contributed by atoms with Crippen LogP contribution in [-0.4, -0.2) is 10.9 Å². The molecule has 1 fully saturated rings. The molecule has 1 aliphatic carbocycles. The number of hydrogen-bond donors (Lipinski definition) is 1. The van der Waals surface area contributed by atoms with Gasteiger partial charge in [-0.25, -0.2) is 0 Å². The van der Waals surface area contributed by atoms with Crippen LogP contribution in [0.25, 0.3) is 11.1 Å². The van der Waals surface area contributed by atoms with Crippen LogP contribution in [0.4, 0.5) is 0 Å². The molecule has 22 heavy (non-hydrogen) atoms. The first-order valence-corrected chi connectivity index (χ1v) is 9.38. The molecular formula is C19H23OPS. The average Bonchev–Trinajstić information content (AvgIpc) is 2.57. The van der Waals surface area contributed by atoms with Crippen LogP contribution >= 0.6 is 21.4 Å². The smallest absolute Gasteiger partial charge is 0.0813 e. The Hall–Kier alpha value is -0.820. The van der Waals surface area contributed by atoms with Gasteiger partial charge < -0.3 is 4.52 Å². The highest BCUT2D eigenvalue weighted by molar-refractivity contribution is 7.81. The summed E-state index contributed by atoms with van der Waals surface area (Å²) in [7, 11) is 0.368. The third kappa shape index (κ3) is 3.56. The Balaban J connectivity index is 1.79. The highest BCUT2D eigenvalue weighted by Crippen LogP contribution is 2.40. The molecule has 2 aromatic carbocycles. The highest BCUT2D eigenvalue weighted by Gasteiger charge is 2.35. The number of benzene rings is 2. The summed E-state index contributed by atoms with van der Waals surface area (Å²) < 4.78 is 6.38. The van der Waals surface area contributed by atoms with E-state index >= 15 is 0 Å². The van der Waals surface area contributed by atoms with Gasteiger partial charge in [-0.15, -0.1) is 0 Å². The maximum atomic E-state index is 6.38. The zero-order chi connectivity index (χ0) is 15.4. The zero-order valence-corrected chi connectivity index (χ0v) is 14.9. The van der Waals surface area contributed by atoms with Gasteiger partial charge in [-0.1, -0.05) is 67.4 Å². The third-order valence-electron chi connectivity index (χ3n) is 4.51. The highest BCUT2D eigenvalue weighted by atomic mass is 32.1. The van der Waals surface area contributed by atoms with Crippen LogP contribution in [0.3, 0.4) is 0 Å². The lowest BCUT2D eigenvalue weighted by atomic mass is 9.86. The molecular weight excluding hydrogens is 307 g/mol. The Morgan fingerprint density at radius 3 is 2.55 bits per heavy atom. The van der Waals surface area contributed by atoms with Gasteiger partial charge in [0.15, 0.2) is 0 Å². The van der Waals surface area contributed by atoms with Crippen LogP contribution in [0.1, 0.15) is 32.6 Å². The monoisotopic (exact) mass is 330 g/mol. The van der Waals surface area contributed by atoms with E-state index in [1.54, 1.807) is 0 Å². The molecule has 1 aliphatic rings. The van der Waals surface area contributed by atoms with Crippen molar-refractivity contribution in [2.24, 2.45) is 0 Å². The molecule has 3 unspecified atom stereocenters. The van der Waals surface area contributed by atoms with Crippen molar-refractivity contribution in [1.82, 2.24) is 0 Å². The third-order valence-corrected chi connectivity index (χ3v) is 6.54. The van der Waals surface area contributed by atoms with Gasteiger partial charge >= 0.3 is 0 Å². The summed E-state index contributed by atoms with van der Waals surface area (Å²) in [5.41, 5.74) is 2.44. The molecule has 0 radical (unpaired) electrons. The first-order chi connectivity index (χ1) is 10.7.